The summed E-state index contributed by atoms with van der Waals surface area (Å²) in [4.78, 5) is 2.38. The molecule has 0 saturated carbocycles. The third-order valence-corrected chi connectivity index (χ3v) is 4.53. The summed E-state index contributed by atoms with van der Waals surface area (Å²) in [5, 5.41) is 0.745. The van der Waals surface area contributed by atoms with Crippen LogP contribution in [0.4, 0.5) is 0 Å². The van der Waals surface area contributed by atoms with Crippen molar-refractivity contribution in [3.05, 3.63) is 58.6 Å². The number of hydrogen-bond acceptors (Lipinski definition) is 4. The van der Waals surface area contributed by atoms with E-state index in [1.807, 2.05) is 36.4 Å². The van der Waals surface area contributed by atoms with E-state index in [-0.39, 0.29) is 6.10 Å². The Hall–Kier alpha value is -1.75. The molecule has 1 aliphatic heterocycles. The van der Waals surface area contributed by atoms with Gasteiger partial charge in [-0.15, -0.1) is 0 Å². The Labute approximate surface area is 147 Å². The number of hydrogen-bond donors (Lipinski definition) is 0. The van der Waals surface area contributed by atoms with Crippen molar-refractivity contribution in [2.24, 2.45) is 0 Å². The highest BCUT2D eigenvalue weighted by atomic mass is 35.5. The highest BCUT2D eigenvalue weighted by Gasteiger charge is 2.23. The maximum absolute atomic E-state index is 5.97. The Morgan fingerprint density at radius 2 is 1.92 bits per heavy atom. The van der Waals surface area contributed by atoms with Gasteiger partial charge < -0.3 is 14.2 Å². The Morgan fingerprint density at radius 1 is 1.12 bits per heavy atom. The molecule has 1 saturated heterocycles. The number of morpholine rings is 1. The monoisotopic (exact) mass is 347 g/mol. The van der Waals surface area contributed by atoms with Gasteiger partial charge in [0.2, 0.25) is 0 Å². The van der Waals surface area contributed by atoms with Gasteiger partial charge >= 0.3 is 0 Å². The predicted octanol–water partition coefficient (Wildman–Crippen LogP) is 3.93. The number of halogens is 1. The molecular formula is C19H22ClNO3. The third-order valence-electron chi connectivity index (χ3n) is 4.28. The smallest absolute Gasteiger partial charge is 0.127 e. The van der Waals surface area contributed by atoms with Gasteiger partial charge in [-0.1, -0.05) is 29.8 Å². The molecule has 1 atom stereocenters. The van der Waals surface area contributed by atoms with Gasteiger partial charge in [0.05, 0.1) is 26.9 Å². The second-order valence-electron chi connectivity index (χ2n) is 5.82. The fraction of sp³-hybridized carbons (Fsp3) is 0.368. The molecule has 4 nitrogen and oxygen atoms in total. The second kappa shape index (κ2) is 7.88. The van der Waals surface area contributed by atoms with Gasteiger partial charge in [0.1, 0.15) is 11.5 Å². The Morgan fingerprint density at radius 3 is 2.62 bits per heavy atom. The molecule has 0 aromatic heterocycles. The summed E-state index contributed by atoms with van der Waals surface area (Å²) in [5.74, 6) is 1.65. The quantitative estimate of drug-likeness (QED) is 0.820. The van der Waals surface area contributed by atoms with Crippen molar-refractivity contribution in [1.29, 1.82) is 0 Å². The van der Waals surface area contributed by atoms with Crippen LogP contribution in [-0.2, 0) is 11.3 Å². The maximum atomic E-state index is 5.97. The zero-order valence-corrected chi connectivity index (χ0v) is 14.8. The molecule has 1 fully saturated rings. The number of ether oxygens (including phenoxy) is 3. The van der Waals surface area contributed by atoms with Crippen LogP contribution < -0.4 is 9.47 Å². The van der Waals surface area contributed by atoms with E-state index in [0.29, 0.717) is 6.61 Å². The normalized spacial score (nSPS) is 18.4. The molecule has 128 valence electrons. The van der Waals surface area contributed by atoms with Crippen LogP contribution >= 0.6 is 11.6 Å². The van der Waals surface area contributed by atoms with Crippen LogP contribution in [0.2, 0.25) is 5.02 Å². The van der Waals surface area contributed by atoms with Gasteiger partial charge in [-0.2, -0.15) is 0 Å². The summed E-state index contributed by atoms with van der Waals surface area (Å²) in [7, 11) is 3.35. The van der Waals surface area contributed by atoms with Gasteiger partial charge in [-0.05, 0) is 23.8 Å². The standard InChI is InChI=1S/C19H22ClNO3/c1-22-17-8-5-15(18(11-17)23-2)12-21-9-10-24-19(13-21)14-3-6-16(20)7-4-14/h3-8,11,19H,9-10,12-13H2,1-2H3/t19-/m1/s1. The van der Waals surface area contributed by atoms with Gasteiger partial charge in [-0.25, -0.2) is 0 Å². The highest BCUT2D eigenvalue weighted by molar-refractivity contribution is 6.30. The molecule has 0 N–H and O–H groups in total. The van der Waals surface area contributed by atoms with Crippen molar-refractivity contribution >= 4 is 11.6 Å². The molecule has 2 aromatic carbocycles. The molecule has 0 aliphatic carbocycles. The lowest BCUT2D eigenvalue weighted by atomic mass is 10.1. The van der Waals surface area contributed by atoms with Crippen molar-refractivity contribution in [3.63, 3.8) is 0 Å². The SMILES string of the molecule is COc1ccc(CN2CCO[C@@H](c3ccc(Cl)cc3)C2)c(OC)c1. The van der Waals surface area contributed by atoms with Gasteiger partial charge in [0.15, 0.2) is 0 Å². The lowest BCUT2D eigenvalue weighted by Gasteiger charge is -2.33. The molecule has 0 bridgehead atoms. The summed E-state index contributed by atoms with van der Waals surface area (Å²) in [6.07, 6.45) is 0.0697. The van der Waals surface area contributed by atoms with E-state index in [0.717, 1.165) is 47.3 Å². The van der Waals surface area contributed by atoms with Crippen LogP contribution in [0.25, 0.3) is 0 Å². The predicted molar refractivity (Wildman–Crippen MR) is 95.0 cm³/mol. The lowest BCUT2D eigenvalue weighted by molar-refractivity contribution is -0.0331. The lowest BCUT2D eigenvalue weighted by Crippen LogP contribution is -2.37. The van der Waals surface area contributed by atoms with E-state index in [1.54, 1.807) is 14.2 Å². The van der Waals surface area contributed by atoms with Crippen molar-refractivity contribution in [3.8, 4) is 11.5 Å². The highest BCUT2D eigenvalue weighted by Crippen LogP contribution is 2.28. The average Bonchev–Trinajstić information content (AvgIpc) is 2.63. The van der Waals surface area contributed by atoms with Gasteiger partial charge in [0.25, 0.3) is 0 Å². The summed E-state index contributed by atoms with van der Waals surface area (Å²) in [6, 6.07) is 13.8. The topological polar surface area (TPSA) is 30.9 Å². The zero-order valence-electron chi connectivity index (χ0n) is 14.0. The summed E-state index contributed by atoms with van der Waals surface area (Å²) in [6.45, 7) is 3.28. The maximum Gasteiger partial charge on any atom is 0.127 e. The summed E-state index contributed by atoms with van der Waals surface area (Å²) in [5.41, 5.74) is 2.31. The minimum atomic E-state index is 0.0697. The van der Waals surface area contributed by atoms with E-state index in [4.69, 9.17) is 25.8 Å². The number of nitrogens with zero attached hydrogens (tertiary/aromatic N) is 1. The van der Waals surface area contributed by atoms with Gasteiger partial charge in [-0.3, -0.25) is 4.90 Å². The third kappa shape index (κ3) is 4.01. The molecule has 2 aromatic rings. The first-order valence-corrected chi connectivity index (χ1v) is 8.37. The van der Waals surface area contributed by atoms with E-state index in [2.05, 4.69) is 11.0 Å². The van der Waals surface area contributed by atoms with E-state index in [9.17, 15) is 0 Å². The first-order valence-electron chi connectivity index (χ1n) is 8.00. The first-order chi connectivity index (χ1) is 11.7. The molecule has 0 unspecified atom stereocenters. The average molecular weight is 348 g/mol. The Balaban J connectivity index is 1.70. The van der Waals surface area contributed by atoms with Crippen LogP contribution in [0.3, 0.4) is 0 Å². The van der Waals surface area contributed by atoms with Crippen molar-refractivity contribution < 1.29 is 14.2 Å². The molecule has 1 aliphatic rings. The Kier molecular flexibility index (Phi) is 5.61. The zero-order chi connectivity index (χ0) is 16.9. The van der Waals surface area contributed by atoms with Crippen LogP contribution in [0.1, 0.15) is 17.2 Å². The van der Waals surface area contributed by atoms with Crippen molar-refractivity contribution in [2.45, 2.75) is 12.6 Å². The number of rotatable bonds is 5. The molecular weight excluding hydrogens is 326 g/mol. The van der Waals surface area contributed by atoms with E-state index in [1.165, 1.54) is 0 Å². The first kappa shape index (κ1) is 17.1. The molecule has 0 radical (unpaired) electrons. The van der Waals surface area contributed by atoms with Crippen LogP contribution in [0, 0.1) is 0 Å². The minimum Gasteiger partial charge on any atom is -0.497 e. The minimum absolute atomic E-state index is 0.0697. The molecule has 0 spiro atoms. The van der Waals surface area contributed by atoms with Crippen molar-refractivity contribution in [1.82, 2.24) is 4.90 Å². The molecule has 3 rings (SSSR count). The summed E-state index contributed by atoms with van der Waals surface area (Å²) >= 11 is 5.97. The van der Waals surface area contributed by atoms with Crippen molar-refractivity contribution in [2.75, 3.05) is 33.9 Å². The Bertz CT molecular complexity index is 675. The molecule has 1 heterocycles. The fourth-order valence-electron chi connectivity index (χ4n) is 2.95. The number of methoxy groups -OCH3 is 2. The van der Waals surface area contributed by atoms with Crippen LogP contribution in [0.15, 0.2) is 42.5 Å². The largest absolute Gasteiger partial charge is 0.497 e. The second-order valence-corrected chi connectivity index (χ2v) is 6.26. The van der Waals surface area contributed by atoms with E-state index < -0.39 is 0 Å². The van der Waals surface area contributed by atoms with Gasteiger partial charge in [0, 0.05) is 36.3 Å². The molecule has 5 heteroatoms. The molecule has 24 heavy (non-hydrogen) atoms. The van der Waals surface area contributed by atoms with Crippen LogP contribution in [0.5, 0.6) is 11.5 Å². The fourth-order valence-corrected chi connectivity index (χ4v) is 3.07. The van der Waals surface area contributed by atoms with Crippen LogP contribution in [-0.4, -0.2) is 38.8 Å². The summed E-state index contributed by atoms with van der Waals surface area (Å²) < 4.78 is 16.7. The van der Waals surface area contributed by atoms with E-state index >= 15 is 0 Å². The number of benzene rings is 2. The molecule has 0 amide bonds.